The quantitative estimate of drug-likeness (QED) is 0.754. The normalized spacial score (nSPS) is 12.7. The predicted octanol–water partition coefficient (Wildman–Crippen LogP) is 4.03. The lowest BCUT2D eigenvalue weighted by Gasteiger charge is -2.10. The molecule has 0 saturated carbocycles. The summed E-state index contributed by atoms with van der Waals surface area (Å²) in [7, 11) is -8.85. The summed E-state index contributed by atoms with van der Waals surface area (Å²) in [6.07, 6.45) is 0. The van der Waals surface area contributed by atoms with Gasteiger partial charge in [0.25, 0.3) is 0 Å². The second kappa shape index (κ2) is 7.27. The van der Waals surface area contributed by atoms with E-state index in [0.29, 0.717) is 0 Å². The number of hydrogen-bond donors (Lipinski definition) is 0. The van der Waals surface area contributed by atoms with E-state index in [4.69, 9.17) is 0 Å². The Labute approximate surface area is 149 Å². The Kier molecular flexibility index (Phi) is 5.71. The topological polar surface area (TPSA) is 77.5 Å². The van der Waals surface area contributed by atoms with Crippen LogP contribution in [-0.4, -0.2) is 16.8 Å². The second-order valence-corrected chi connectivity index (χ2v) is 9.73. The van der Waals surface area contributed by atoms with Gasteiger partial charge < -0.3 is 0 Å². The van der Waals surface area contributed by atoms with Crippen molar-refractivity contribution in [1.29, 1.82) is 0 Å². The van der Waals surface area contributed by atoms with Crippen molar-refractivity contribution in [2.24, 2.45) is 0 Å². The summed E-state index contributed by atoms with van der Waals surface area (Å²) in [4.78, 5) is -0.390. The molecule has 7 heteroatoms. The van der Waals surface area contributed by atoms with Gasteiger partial charge in [-0.2, -0.15) is 16.8 Å². The van der Waals surface area contributed by atoms with Gasteiger partial charge in [0.15, 0.2) is 0 Å². The van der Waals surface area contributed by atoms with Gasteiger partial charge in [-0.05, 0) is 47.2 Å². The Morgan fingerprint density at radius 3 is 1.12 bits per heavy atom. The summed E-state index contributed by atoms with van der Waals surface area (Å²) < 4.78 is 53.6. The van der Waals surface area contributed by atoms with Crippen LogP contribution in [0.1, 0.15) is 50.7 Å². The van der Waals surface area contributed by atoms with Crippen molar-refractivity contribution in [3.05, 3.63) is 59.7 Å². The highest BCUT2D eigenvalue weighted by atomic mass is 32.3. The Balaban J connectivity index is 2.29. The molecule has 2 aromatic rings. The molecule has 0 heterocycles. The van der Waals surface area contributed by atoms with Crippen LogP contribution in [-0.2, 0) is 23.9 Å². The summed E-state index contributed by atoms with van der Waals surface area (Å²) in [5.41, 5.74) is 1.90. The first kappa shape index (κ1) is 19.6. The molecule has 0 aliphatic carbocycles. The van der Waals surface area contributed by atoms with Crippen molar-refractivity contribution in [2.75, 3.05) is 0 Å². The Morgan fingerprint density at radius 1 is 0.600 bits per heavy atom. The Hall–Kier alpha value is -1.70. The van der Waals surface area contributed by atoms with Crippen LogP contribution in [0.2, 0.25) is 0 Å². The van der Waals surface area contributed by atoms with Gasteiger partial charge in [-0.25, -0.2) is 0 Å². The van der Waals surface area contributed by atoms with Gasteiger partial charge in [-0.1, -0.05) is 52.0 Å². The monoisotopic (exact) mass is 382 g/mol. The molecule has 0 spiro atoms. The van der Waals surface area contributed by atoms with Gasteiger partial charge in [0.05, 0.1) is 9.79 Å². The molecule has 0 aliphatic heterocycles. The molecule has 5 nitrogen and oxygen atoms in total. The van der Waals surface area contributed by atoms with E-state index < -0.39 is 20.2 Å². The van der Waals surface area contributed by atoms with Crippen LogP contribution in [0.15, 0.2) is 58.3 Å². The molecule has 2 rings (SSSR count). The van der Waals surface area contributed by atoms with Crippen LogP contribution in [0.5, 0.6) is 0 Å². The van der Waals surface area contributed by atoms with E-state index in [1.54, 1.807) is 24.3 Å². The molecule has 0 radical (unpaired) electrons. The maximum atomic E-state index is 12.3. The molecule has 0 unspecified atom stereocenters. The van der Waals surface area contributed by atoms with Crippen molar-refractivity contribution in [2.45, 2.75) is 49.3 Å². The minimum Gasteiger partial charge on any atom is -0.193 e. The predicted molar refractivity (Wildman–Crippen MR) is 96.5 cm³/mol. The third-order valence-corrected chi connectivity index (χ3v) is 6.98. The van der Waals surface area contributed by atoms with Gasteiger partial charge in [-0.15, -0.1) is 3.63 Å². The van der Waals surface area contributed by atoms with Gasteiger partial charge in [0.2, 0.25) is 0 Å². The van der Waals surface area contributed by atoms with Crippen LogP contribution in [0.3, 0.4) is 0 Å². The van der Waals surface area contributed by atoms with Crippen molar-refractivity contribution in [3.63, 3.8) is 0 Å². The molecule has 2 aromatic carbocycles. The van der Waals surface area contributed by atoms with Gasteiger partial charge in [0.1, 0.15) is 0 Å². The third-order valence-electron chi connectivity index (χ3n) is 3.85. The maximum absolute atomic E-state index is 12.3. The lowest BCUT2D eigenvalue weighted by Crippen LogP contribution is -2.14. The molecule has 0 aromatic heterocycles. The maximum Gasteiger partial charge on any atom is 0.311 e. The van der Waals surface area contributed by atoms with Crippen molar-refractivity contribution >= 4 is 20.2 Å². The molecular weight excluding hydrogens is 360 g/mol. The summed E-state index contributed by atoms with van der Waals surface area (Å²) in [5, 5.41) is 0. The summed E-state index contributed by atoms with van der Waals surface area (Å²) in [6.45, 7) is 7.91. The molecule has 0 saturated heterocycles. The van der Waals surface area contributed by atoms with E-state index >= 15 is 0 Å². The average Bonchev–Trinajstić information content (AvgIpc) is 2.54. The minimum atomic E-state index is -4.42. The first-order chi connectivity index (χ1) is 11.5. The molecule has 0 fully saturated rings. The average molecular weight is 383 g/mol. The van der Waals surface area contributed by atoms with E-state index in [9.17, 15) is 16.8 Å². The van der Waals surface area contributed by atoms with Crippen LogP contribution >= 0.6 is 0 Å². The highest BCUT2D eigenvalue weighted by Gasteiger charge is 2.26. The van der Waals surface area contributed by atoms with Crippen molar-refractivity contribution in [3.8, 4) is 0 Å². The lowest BCUT2D eigenvalue weighted by molar-refractivity contribution is 0.461. The zero-order chi connectivity index (χ0) is 18.8. The molecule has 0 bridgehead atoms. The van der Waals surface area contributed by atoms with E-state index in [0.717, 1.165) is 11.1 Å². The molecule has 25 heavy (non-hydrogen) atoms. The molecule has 0 N–H and O–H groups in total. The first-order valence-electron chi connectivity index (χ1n) is 7.94. The van der Waals surface area contributed by atoms with Gasteiger partial charge in [-0.3, -0.25) is 0 Å². The molecule has 0 amide bonds. The van der Waals surface area contributed by atoms with Crippen LogP contribution in [0.25, 0.3) is 0 Å². The fourth-order valence-corrected chi connectivity index (χ4v) is 4.75. The van der Waals surface area contributed by atoms with Crippen molar-refractivity contribution < 1.29 is 20.5 Å². The number of benzene rings is 2. The fourth-order valence-electron chi connectivity index (χ4n) is 2.24. The standard InChI is InChI=1S/C18H22O5S2/c1-13(2)15-5-9-17(10-6-15)24(19,20)23-25(21,22)18-11-7-16(8-12-18)14(3)4/h5-14H,1-4H3. The highest BCUT2D eigenvalue weighted by Crippen LogP contribution is 2.24. The van der Waals surface area contributed by atoms with Crippen LogP contribution in [0, 0.1) is 0 Å². The van der Waals surface area contributed by atoms with Gasteiger partial charge >= 0.3 is 20.2 Å². The third kappa shape index (κ3) is 4.68. The molecule has 0 aliphatic rings. The summed E-state index contributed by atoms with van der Waals surface area (Å²) >= 11 is 0. The van der Waals surface area contributed by atoms with Crippen molar-refractivity contribution in [1.82, 2.24) is 0 Å². The molecule has 136 valence electrons. The largest absolute Gasteiger partial charge is 0.311 e. The molecule has 0 atom stereocenters. The van der Waals surface area contributed by atoms with Gasteiger partial charge in [0, 0.05) is 0 Å². The summed E-state index contributed by atoms with van der Waals surface area (Å²) in [6, 6.07) is 12.0. The lowest BCUT2D eigenvalue weighted by atomic mass is 10.0. The molecular formula is C18H22O5S2. The fraction of sp³-hybridized carbons (Fsp3) is 0.333. The van der Waals surface area contributed by atoms with E-state index in [-0.39, 0.29) is 21.6 Å². The Bertz CT molecular complexity index is 844. The zero-order valence-corrected chi connectivity index (χ0v) is 16.3. The van der Waals surface area contributed by atoms with E-state index in [2.05, 4.69) is 3.63 Å². The zero-order valence-electron chi connectivity index (χ0n) is 14.6. The van der Waals surface area contributed by atoms with Crippen LogP contribution in [0.4, 0.5) is 0 Å². The smallest absolute Gasteiger partial charge is 0.193 e. The van der Waals surface area contributed by atoms with Crippen LogP contribution < -0.4 is 0 Å². The highest BCUT2D eigenvalue weighted by molar-refractivity contribution is 7.99. The number of hydrogen-bond acceptors (Lipinski definition) is 5. The minimum absolute atomic E-state index is 0.195. The summed E-state index contributed by atoms with van der Waals surface area (Å²) in [5.74, 6) is 0.474. The SMILES string of the molecule is CC(C)c1ccc(S(=O)(=O)OS(=O)(=O)c2ccc(C(C)C)cc2)cc1. The first-order valence-corrected chi connectivity index (χ1v) is 10.8. The second-order valence-electron chi connectivity index (χ2n) is 6.42. The van der Waals surface area contributed by atoms with E-state index in [1.807, 2.05) is 27.7 Å². The van der Waals surface area contributed by atoms with E-state index in [1.165, 1.54) is 24.3 Å². The number of rotatable bonds is 6. The Morgan fingerprint density at radius 2 is 0.880 bits per heavy atom.